The summed E-state index contributed by atoms with van der Waals surface area (Å²) in [6.45, 7) is 3.61. The van der Waals surface area contributed by atoms with E-state index in [-0.39, 0.29) is 5.91 Å². The van der Waals surface area contributed by atoms with Crippen LogP contribution in [0.3, 0.4) is 0 Å². The van der Waals surface area contributed by atoms with Crippen LogP contribution in [-0.2, 0) is 4.79 Å². The fraction of sp³-hybridized carbons (Fsp3) is 0.562. The molecule has 0 radical (unpaired) electrons. The molecule has 20 heavy (non-hydrogen) atoms. The lowest BCUT2D eigenvalue weighted by Gasteiger charge is -2.33. The first-order chi connectivity index (χ1) is 9.69. The molecule has 4 nitrogen and oxygen atoms in total. The summed E-state index contributed by atoms with van der Waals surface area (Å²) in [6.07, 6.45) is 2.76. The largest absolute Gasteiger partial charge is 0.493 e. The maximum absolute atomic E-state index is 11.8. The predicted molar refractivity (Wildman–Crippen MR) is 78.4 cm³/mol. The second-order valence-electron chi connectivity index (χ2n) is 5.15. The maximum Gasteiger partial charge on any atom is 0.222 e. The highest BCUT2D eigenvalue weighted by molar-refractivity contribution is 5.76. The van der Waals surface area contributed by atoms with Crippen molar-refractivity contribution in [1.82, 2.24) is 4.90 Å². The SMILES string of the molecule is CCC(=O)N1CCCC(c2ccc(OC)c(OC)c2)C1. The smallest absolute Gasteiger partial charge is 0.222 e. The summed E-state index contributed by atoms with van der Waals surface area (Å²) in [7, 11) is 3.29. The highest BCUT2D eigenvalue weighted by Gasteiger charge is 2.24. The van der Waals surface area contributed by atoms with Gasteiger partial charge in [-0.2, -0.15) is 0 Å². The van der Waals surface area contributed by atoms with E-state index in [1.165, 1.54) is 5.56 Å². The molecule has 110 valence electrons. The maximum atomic E-state index is 11.8. The van der Waals surface area contributed by atoms with Crippen LogP contribution in [0.25, 0.3) is 0 Å². The van der Waals surface area contributed by atoms with E-state index in [0.29, 0.717) is 12.3 Å². The van der Waals surface area contributed by atoms with Gasteiger partial charge in [0.25, 0.3) is 0 Å². The Balaban J connectivity index is 2.16. The first-order valence-electron chi connectivity index (χ1n) is 7.19. The van der Waals surface area contributed by atoms with Crippen molar-refractivity contribution in [2.45, 2.75) is 32.1 Å². The van der Waals surface area contributed by atoms with Crippen LogP contribution in [0.2, 0.25) is 0 Å². The number of carbonyl (C=O) groups excluding carboxylic acids is 1. The number of rotatable bonds is 4. The molecule has 1 aromatic rings. The van der Waals surface area contributed by atoms with Gasteiger partial charge in [-0.05, 0) is 30.5 Å². The lowest BCUT2D eigenvalue weighted by molar-refractivity contribution is -0.132. The fourth-order valence-corrected chi connectivity index (χ4v) is 2.81. The Morgan fingerprint density at radius 3 is 2.70 bits per heavy atom. The van der Waals surface area contributed by atoms with Crippen LogP contribution in [0, 0.1) is 0 Å². The Hall–Kier alpha value is -1.71. The van der Waals surface area contributed by atoms with Gasteiger partial charge in [0.05, 0.1) is 14.2 Å². The summed E-state index contributed by atoms with van der Waals surface area (Å²) in [5, 5.41) is 0. The van der Waals surface area contributed by atoms with E-state index in [0.717, 1.165) is 37.4 Å². The van der Waals surface area contributed by atoms with Crippen LogP contribution in [0.4, 0.5) is 0 Å². The first-order valence-corrected chi connectivity index (χ1v) is 7.19. The van der Waals surface area contributed by atoms with Gasteiger partial charge in [0.1, 0.15) is 0 Å². The Morgan fingerprint density at radius 2 is 2.05 bits per heavy atom. The molecule has 1 saturated heterocycles. The zero-order valence-electron chi connectivity index (χ0n) is 12.5. The van der Waals surface area contributed by atoms with Crippen molar-refractivity contribution in [3.05, 3.63) is 23.8 Å². The molecule has 1 heterocycles. The lowest BCUT2D eigenvalue weighted by atomic mass is 9.90. The molecule has 1 fully saturated rings. The molecular weight excluding hydrogens is 254 g/mol. The molecule has 1 aromatic carbocycles. The van der Waals surface area contributed by atoms with Crippen LogP contribution in [0.5, 0.6) is 11.5 Å². The Labute approximate surface area is 120 Å². The molecule has 0 saturated carbocycles. The molecule has 0 aliphatic carbocycles. The number of benzene rings is 1. The number of methoxy groups -OCH3 is 2. The van der Waals surface area contributed by atoms with Crippen molar-refractivity contribution < 1.29 is 14.3 Å². The fourth-order valence-electron chi connectivity index (χ4n) is 2.81. The molecule has 0 bridgehead atoms. The van der Waals surface area contributed by atoms with Gasteiger partial charge in [0.15, 0.2) is 11.5 Å². The molecule has 1 aliphatic heterocycles. The van der Waals surface area contributed by atoms with E-state index in [1.807, 2.05) is 24.0 Å². The summed E-state index contributed by atoms with van der Waals surface area (Å²) in [5.41, 5.74) is 1.22. The second kappa shape index (κ2) is 6.64. The quantitative estimate of drug-likeness (QED) is 0.849. The van der Waals surface area contributed by atoms with Gasteiger partial charge in [-0.3, -0.25) is 4.79 Å². The average Bonchev–Trinajstić information content (AvgIpc) is 2.53. The van der Waals surface area contributed by atoms with Crippen molar-refractivity contribution >= 4 is 5.91 Å². The van der Waals surface area contributed by atoms with E-state index in [2.05, 4.69) is 6.07 Å². The Bertz CT molecular complexity index is 473. The minimum Gasteiger partial charge on any atom is -0.493 e. The van der Waals surface area contributed by atoms with Crippen LogP contribution in [0.1, 0.15) is 37.7 Å². The summed E-state index contributed by atoms with van der Waals surface area (Å²) in [4.78, 5) is 13.8. The predicted octanol–water partition coefficient (Wildman–Crippen LogP) is 2.82. The Morgan fingerprint density at radius 1 is 1.30 bits per heavy atom. The molecular formula is C16H23NO3. The van der Waals surface area contributed by atoms with Crippen LogP contribution >= 0.6 is 0 Å². The topological polar surface area (TPSA) is 38.8 Å². The number of hydrogen-bond donors (Lipinski definition) is 0. The summed E-state index contributed by atoms with van der Waals surface area (Å²) in [6, 6.07) is 6.05. The summed E-state index contributed by atoms with van der Waals surface area (Å²) >= 11 is 0. The highest BCUT2D eigenvalue weighted by atomic mass is 16.5. The van der Waals surface area contributed by atoms with Crippen LogP contribution in [-0.4, -0.2) is 38.1 Å². The van der Waals surface area contributed by atoms with Gasteiger partial charge in [0, 0.05) is 25.4 Å². The molecule has 1 aliphatic rings. The number of nitrogens with zero attached hydrogens (tertiary/aromatic N) is 1. The van der Waals surface area contributed by atoms with Crippen molar-refractivity contribution in [3.63, 3.8) is 0 Å². The van der Waals surface area contributed by atoms with Crippen LogP contribution in [0.15, 0.2) is 18.2 Å². The number of ether oxygens (including phenoxy) is 2. The van der Waals surface area contributed by atoms with E-state index in [4.69, 9.17) is 9.47 Å². The third kappa shape index (κ3) is 3.06. The van der Waals surface area contributed by atoms with Gasteiger partial charge in [-0.15, -0.1) is 0 Å². The zero-order valence-corrected chi connectivity index (χ0v) is 12.5. The van der Waals surface area contributed by atoms with Crippen molar-refractivity contribution in [1.29, 1.82) is 0 Å². The van der Waals surface area contributed by atoms with Crippen LogP contribution < -0.4 is 9.47 Å². The molecule has 0 N–H and O–H groups in total. The molecule has 0 spiro atoms. The minimum absolute atomic E-state index is 0.246. The van der Waals surface area contributed by atoms with E-state index in [1.54, 1.807) is 14.2 Å². The van der Waals surface area contributed by atoms with E-state index in [9.17, 15) is 4.79 Å². The number of likely N-dealkylation sites (tertiary alicyclic amines) is 1. The molecule has 4 heteroatoms. The van der Waals surface area contributed by atoms with Crippen molar-refractivity contribution in [2.24, 2.45) is 0 Å². The number of hydrogen-bond acceptors (Lipinski definition) is 3. The zero-order chi connectivity index (χ0) is 14.5. The van der Waals surface area contributed by atoms with E-state index < -0.39 is 0 Å². The third-order valence-corrected chi connectivity index (χ3v) is 3.96. The second-order valence-corrected chi connectivity index (χ2v) is 5.15. The van der Waals surface area contributed by atoms with Crippen molar-refractivity contribution in [3.8, 4) is 11.5 Å². The van der Waals surface area contributed by atoms with Gasteiger partial charge in [0.2, 0.25) is 5.91 Å². The summed E-state index contributed by atoms with van der Waals surface area (Å²) in [5.74, 6) is 2.13. The molecule has 2 rings (SSSR count). The van der Waals surface area contributed by atoms with Gasteiger partial charge in [-0.1, -0.05) is 13.0 Å². The lowest BCUT2D eigenvalue weighted by Crippen LogP contribution is -2.38. The number of amides is 1. The van der Waals surface area contributed by atoms with Crippen molar-refractivity contribution in [2.75, 3.05) is 27.3 Å². The van der Waals surface area contributed by atoms with Gasteiger partial charge < -0.3 is 14.4 Å². The molecule has 1 amide bonds. The third-order valence-electron chi connectivity index (χ3n) is 3.96. The minimum atomic E-state index is 0.246. The monoisotopic (exact) mass is 277 g/mol. The van der Waals surface area contributed by atoms with E-state index >= 15 is 0 Å². The number of carbonyl (C=O) groups is 1. The molecule has 1 atom stereocenters. The highest BCUT2D eigenvalue weighted by Crippen LogP contribution is 2.34. The normalized spacial score (nSPS) is 18.8. The first kappa shape index (κ1) is 14.7. The standard InChI is InChI=1S/C16H23NO3/c1-4-16(18)17-9-5-6-13(11-17)12-7-8-14(19-2)15(10-12)20-3/h7-8,10,13H,4-6,9,11H2,1-3H3. The van der Waals surface area contributed by atoms with Gasteiger partial charge >= 0.3 is 0 Å². The average molecular weight is 277 g/mol. The Kier molecular flexibility index (Phi) is 4.88. The summed E-state index contributed by atoms with van der Waals surface area (Å²) < 4.78 is 10.6. The number of piperidine rings is 1. The van der Waals surface area contributed by atoms with Gasteiger partial charge in [-0.25, -0.2) is 0 Å². The molecule has 1 unspecified atom stereocenters. The molecule has 0 aromatic heterocycles.